The Balaban J connectivity index is 1.96. The molecule has 0 aliphatic carbocycles. The molecule has 1 N–H and O–H groups in total. The summed E-state index contributed by atoms with van der Waals surface area (Å²) in [5.41, 5.74) is 3.02. The van der Waals surface area contributed by atoms with Crippen LogP contribution in [0, 0.1) is 0 Å². The third kappa shape index (κ3) is 4.76. The molecular weight excluding hydrogens is 282 g/mol. The third-order valence-electron chi connectivity index (χ3n) is 3.14. The number of carbonyl (C=O) groups excluding carboxylic acids is 1. The summed E-state index contributed by atoms with van der Waals surface area (Å²) >= 11 is 5.80. The molecule has 3 heteroatoms. The van der Waals surface area contributed by atoms with Crippen molar-refractivity contribution in [3.8, 4) is 0 Å². The lowest BCUT2D eigenvalue weighted by Gasteiger charge is -2.05. The van der Waals surface area contributed by atoms with Gasteiger partial charge >= 0.3 is 0 Å². The predicted octanol–water partition coefficient (Wildman–Crippen LogP) is 5.12. The summed E-state index contributed by atoms with van der Waals surface area (Å²) in [6.45, 7) is 4.31. The first kappa shape index (κ1) is 15.3. The Morgan fingerprint density at radius 1 is 1.05 bits per heavy atom. The van der Waals surface area contributed by atoms with Crippen LogP contribution in [0.2, 0.25) is 5.02 Å². The summed E-state index contributed by atoms with van der Waals surface area (Å²) < 4.78 is 0. The van der Waals surface area contributed by atoms with Gasteiger partial charge in [0.25, 0.3) is 0 Å². The first-order valence-corrected chi connectivity index (χ1v) is 7.27. The largest absolute Gasteiger partial charge is 0.323 e. The Hall–Kier alpha value is -2.06. The summed E-state index contributed by atoms with van der Waals surface area (Å²) in [7, 11) is 0. The van der Waals surface area contributed by atoms with Crippen molar-refractivity contribution in [2.45, 2.75) is 19.8 Å². The molecule has 0 fully saturated rings. The quantitative estimate of drug-likeness (QED) is 0.780. The van der Waals surface area contributed by atoms with Crippen LogP contribution in [0.1, 0.15) is 30.9 Å². The number of amides is 1. The Labute approximate surface area is 130 Å². The lowest BCUT2D eigenvalue weighted by atomic mass is 10.0. The summed E-state index contributed by atoms with van der Waals surface area (Å²) in [4.78, 5) is 11.8. The third-order valence-corrected chi connectivity index (χ3v) is 3.39. The molecule has 2 aromatic rings. The Morgan fingerprint density at radius 3 is 2.24 bits per heavy atom. The van der Waals surface area contributed by atoms with E-state index in [4.69, 9.17) is 11.6 Å². The minimum absolute atomic E-state index is 0.162. The van der Waals surface area contributed by atoms with Crippen LogP contribution in [0.5, 0.6) is 0 Å². The normalized spacial score (nSPS) is 11.0. The molecule has 0 radical (unpaired) electrons. The zero-order valence-electron chi connectivity index (χ0n) is 12.1. The maximum absolute atomic E-state index is 11.8. The average Bonchev–Trinajstić information content (AvgIpc) is 2.48. The molecule has 0 aromatic heterocycles. The molecule has 0 saturated carbocycles. The van der Waals surface area contributed by atoms with Gasteiger partial charge in [-0.2, -0.15) is 0 Å². The van der Waals surface area contributed by atoms with E-state index in [1.165, 1.54) is 11.6 Å². The van der Waals surface area contributed by atoms with Crippen LogP contribution in [0.4, 0.5) is 5.69 Å². The molecule has 2 rings (SSSR count). The number of halogens is 1. The molecule has 0 heterocycles. The van der Waals surface area contributed by atoms with Crippen molar-refractivity contribution >= 4 is 29.3 Å². The molecule has 21 heavy (non-hydrogen) atoms. The monoisotopic (exact) mass is 299 g/mol. The summed E-state index contributed by atoms with van der Waals surface area (Å²) in [6.07, 6.45) is 3.33. The minimum atomic E-state index is -0.162. The highest BCUT2D eigenvalue weighted by molar-refractivity contribution is 6.30. The van der Waals surface area contributed by atoms with Gasteiger partial charge in [0.1, 0.15) is 0 Å². The fourth-order valence-corrected chi connectivity index (χ4v) is 2.01. The number of rotatable bonds is 4. The summed E-state index contributed by atoms with van der Waals surface area (Å²) in [6, 6.07) is 15.2. The lowest BCUT2D eigenvalue weighted by Crippen LogP contribution is -2.07. The summed E-state index contributed by atoms with van der Waals surface area (Å²) in [5, 5.41) is 3.43. The lowest BCUT2D eigenvalue weighted by molar-refractivity contribution is -0.111. The first-order valence-electron chi connectivity index (χ1n) is 6.89. The van der Waals surface area contributed by atoms with E-state index in [1.54, 1.807) is 30.3 Å². The minimum Gasteiger partial charge on any atom is -0.323 e. The molecular formula is C18H18ClNO. The van der Waals surface area contributed by atoms with Crippen LogP contribution in [-0.4, -0.2) is 5.91 Å². The van der Waals surface area contributed by atoms with Crippen molar-refractivity contribution in [2.24, 2.45) is 0 Å². The van der Waals surface area contributed by atoms with E-state index in [1.807, 2.05) is 12.1 Å². The topological polar surface area (TPSA) is 29.1 Å². The van der Waals surface area contributed by atoms with Gasteiger partial charge in [-0.15, -0.1) is 0 Å². The van der Waals surface area contributed by atoms with Gasteiger partial charge in [-0.05, 0) is 47.4 Å². The average molecular weight is 300 g/mol. The second kappa shape index (κ2) is 7.09. The zero-order chi connectivity index (χ0) is 15.2. The van der Waals surface area contributed by atoms with E-state index >= 15 is 0 Å². The molecule has 0 saturated heterocycles. The summed E-state index contributed by atoms with van der Waals surface area (Å²) in [5.74, 6) is 0.349. The molecule has 0 bridgehead atoms. The second-order valence-corrected chi connectivity index (χ2v) is 5.59. The van der Waals surface area contributed by atoms with E-state index in [2.05, 4.69) is 31.3 Å². The Bertz CT molecular complexity index is 627. The van der Waals surface area contributed by atoms with Crippen LogP contribution in [0.3, 0.4) is 0 Å². The van der Waals surface area contributed by atoms with Crippen molar-refractivity contribution in [3.63, 3.8) is 0 Å². The number of hydrogen-bond donors (Lipinski definition) is 1. The van der Waals surface area contributed by atoms with Gasteiger partial charge < -0.3 is 5.32 Å². The molecule has 0 aliphatic heterocycles. The van der Waals surface area contributed by atoms with Gasteiger partial charge in [-0.1, -0.05) is 49.7 Å². The molecule has 0 spiro atoms. The van der Waals surface area contributed by atoms with Crippen LogP contribution in [0.15, 0.2) is 54.6 Å². The molecule has 0 atom stereocenters. The van der Waals surface area contributed by atoms with E-state index in [-0.39, 0.29) is 5.91 Å². The van der Waals surface area contributed by atoms with Gasteiger partial charge in [0.15, 0.2) is 0 Å². The van der Waals surface area contributed by atoms with Gasteiger partial charge in [0.2, 0.25) is 5.91 Å². The van der Waals surface area contributed by atoms with E-state index in [9.17, 15) is 4.79 Å². The van der Waals surface area contributed by atoms with Crippen molar-refractivity contribution in [2.75, 3.05) is 5.32 Å². The number of nitrogens with one attached hydrogen (secondary N) is 1. The maximum atomic E-state index is 11.8. The van der Waals surface area contributed by atoms with Crippen LogP contribution in [-0.2, 0) is 4.79 Å². The van der Waals surface area contributed by atoms with Crippen molar-refractivity contribution in [1.82, 2.24) is 0 Å². The maximum Gasteiger partial charge on any atom is 0.248 e. The zero-order valence-corrected chi connectivity index (χ0v) is 12.9. The standard InChI is InChI=1S/C18H18ClNO/c1-13(2)15-6-3-14(4-7-15)5-12-18(21)20-17-10-8-16(19)9-11-17/h3-13H,1-2H3,(H,20,21)/b12-5-. The number of hydrogen-bond acceptors (Lipinski definition) is 1. The SMILES string of the molecule is CC(C)c1ccc(/C=C\C(=O)Nc2ccc(Cl)cc2)cc1. The fraction of sp³-hybridized carbons (Fsp3) is 0.167. The van der Waals surface area contributed by atoms with Crippen LogP contribution >= 0.6 is 11.6 Å². The molecule has 0 unspecified atom stereocenters. The molecule has 108 valence electrons. The highest BCUT2D eigenvalue weighted by atomic mass is 35.5. The highest BCUT2D eigenvalue weighted by Crippen LogP contribution is 2.16. The second-order valence-electron chi connectivity index (χ2n) is 5.15. The van der Waals surface area contributed by atoms with E-state index in [0.717, 1.165) is 11.3 Å². The van der Waals surface area contributed by atoms with Gasteiger partial charge in [-0.3, -0.25) is 4.79 Å². The fourth-order valence-electron chi connectivity index (χ4n) is 1.88. The van der Waals surface area contributed by atoms with Gasteiger partial charge in [0, 0.05) is 16.8 Å². The Kier molecular flexibility index (Phi) is 5.18. The molecule has 1 amide bonds. The van der Waals surface area contributed by atoms with E-state index in [0.29, 0.717) is 10.9 Å². The van der Waals surface area contributed by atoms with Crippen molar-refractivity contribution in [3.05, 3.63) is 70.8 Å². The van der Waals surface area contributed by atoms with Crippen LogP contribution < -0.4 is 5.32 Å². The molecule has 2 aromatic carbocycles. The number of benzene rings is 2. The van der Waals surface area contributed by atoms with Crippen molar-refractivity contribution in [1.29, 1.82) is 0 Å². The highest BCUT2D eigenvalue weighted by Gasteiger charge is 1.99. The van der Waals surface area contributed by atoms with Gasteiger partial charge in [0.05, 0.1) is 0 Å². The molecule has 0 aliphatic rings. The first-order chi connectivity index (χ1) is 10.0. The van der Waals surface area contributed by atoms with Crippen LogP contribution in [0.25, 0.3) is 6.08 Å². The van der Waals surface area contributed by atoms with E-state index < -0.39 is 0 Å². The number of carbonyl (C=O) groups is 1. The Morgan fingerprint density at radius 2 is 1.67 bits per heavy atom. The smallest absolute Gasteiger partial charge is 0.248 e. The number of anilines is 1. The van der Waals surface area contributed by atoms with Crippen molar-refractivity contribution < 1.29 is 4.79 Å². The predicted molar refractivity (Wildman–Crippen MR) is 89.6 cm³/mol. The molecule has 2 nitrogen and oxygen atoms in total. The van der Waals surface area contributed by atoms with Gasteiger partial charge in [-0.25, -0.2) is 0 Å².